The summed E-state index contributed by atoms with van der Waals surface area (Å²) in [4.78, 5) is 27.9. The van der Waals surface area contributed by atoms with Crippen LogP contribution >= 0.6 is 0 Å². The summed E-state index contributed by atoms with van der Waals surface area (Å²) in [6, 6.07) is 1.86. The van der Waals surface area contributed by atoms with E-state index in [4.69, 9.17) is 4.42 Å². The number of oxime groups is 1. The van der Waals surface area contributed by atoms with Crippen LogP contribution in [0, 0.1) is 0 Å². The van der Waals surface area contributed by atoms with Crippen molar-refractivity contribution in [2.45, 2.75) is 6.04 Å². The van der Waals surface area contributed by atoms with E-state index in [1.54, 1.807) is 0 Å². The fraction of sp³-hybridized carbons (Fsp3) is 0.300. The number of nitrogens with one attached hydrogen (secondary N) is 1. The van der Waals surface area contributed by atoms with Crippen molar-refractivity contribution in [1.29, 1.82) is 0 Å². The standard InChI is InChI=1S/C10H11N3O7S.Na/c1-19-12-8(7-3-2-4-20-7)9(14)11-6-5-13(10(6)15)21(16,17)18;/h2-4,6H,5H2,1H3,(H,11,14)(H,16,17,18);/q;+1/p-1. The minimum absolute atomic E-state index is 0. The first-order chi connectivity index (χ1) is 9.84. The van der Waals surface area contributed by atoms with Gasteiger partial charge in [-0.05, 0) is 12.1 Å². The van der Waals surface area contributed by atoms with Crippen LogP contribution in [-0.4, -0.2) is 54.5 Å². The van der Waals surface area contributed by atoms with Gasteiger partial charge in [0.1, 0.15) is 13.2 Å². The molecule has 1 atom stereocenters. The zero-order valence-electron chi connectivity index (χ0n) is 11.7. The SMILES string of the molecule is CON=C(C(=O)NC1CN(S(=O)(=O)[O-])C1=O)c1ccco1.[Na+]. The summed E-state index contributed by atoms with van der Waals surface area (Å²) in [6.07, 6.45) is 1.31. The molecule has 10 nitrogen and oxygen atoms in total. The van der Waals surface area contributed by atoms with Gasteiger partial charge in [-0.2, -0.15) is 0 Å². The molecule has 0 aromatic carbocycles. The van der Waals surface area contributed by atoms with Gasteiger partial charge in [0.2, 0.25) is 5.71 Å². The number of carbonyl (C=O) groups excluding carboxylic acids is 2. The van der Waals surface area contributed by atoms with E-state index in [-0.39, 0.29) is 45.3 Å². The zero-order chi connectivity index (χ0) is 15.6. The van der Waals surface area contributed by atoms with E-state index < -0.39 is 34.7 Å². The molecule has 22 heavy (non-hydrogen) atoms. The van der Waals surface area contributed by atoms with Gasteiger partial charge in [0.15, 0.2) is 16.1 Å². The molecule has 2 rings (SSSR count). The molecule has 1 N–H and O–H groups in total. The molecular weight excluding hydrogens is 329 g/mol. The predicted molar refractivity (Wildman–Crippen MR) is 65.6 cm³/mol. The summed E-state index contributed by atoms with van der Waals surface area (Å²) >= 11 is 0. The molecular formula is C10H10N3NaO7S. The van der Waals surface area contributed by atoms with Crippen LogP contribution in [0.4, 0.5) is 0 Å². The van der Waals surface area contributed by atoms with E-state index in [9.17, 15) is 22.6 Å². The number of amides is 2. The Morgan fingerprint density at radius 1 is 1.59 bits per heavy atom. The first-order valence-corrected chi connectivity index (χ1v) is 6.94. The number of carbonyl (C=O) groups is 2. The van der Waals surface area contributed by atoms with Gasteiger partial charge < -0.3 is 19.1 Å². The maximum absolute atomic E-state index is 12.0. The van der Waals surface area contributed by atoms with Crippen LogP contribution in [-0.2, 0) is 24.7 Å². The van der Waals surface area contributed by atoms with Gasteiger partial charge in [0, 0.05) is 0 Å². The number of furan rings is 1. The molecule has 0 saturated carbocycles. The Hall–Kier alpha value is -1.40. The van der Waals surface area contributed by atoms with Crippen molar-refractivity contribution in [3.8, 4) is 0 Å². The molecule has 1 aromatic heterocycles. The van der Waals surface area contributed by atoms with Crippen LogP contribution in [0.1, 0.15) is 5.76 Å². The topological polar surface area (TPSA) is 141 Å². The largest absolute Gasteiger partial charge is 1.00 e. The average molecular weight is 339 g/mol. The molecule has 1 aliphatic heterocycles. The molecule has 0 aliphatic carbocycles. The van der Waals surface area contributed by atoms with Gasteiger partial charge in [-0.25, -0.2) is 12.7 Å². The van der Waals surface area contributed by atoms with Crippen molar-refractivity contribution in [3.63, 3.8) is 0 Å². The third-order valence-corrected chi connectivity index (χ3v) is 3.49. The van der Waals surface area contributed by atoms with Crippen molar-refractivity contribution in [3.05, 3.63) is 24.2 Å². The molecule has 1 aliphatic rings. The Labute approximate surface area is 147 Å². The van der Waals surface area contributed by atoms with Crippen molar-refractivity contribution in [2.75, 3.05) is 13.7 Å². The average Bonchev–Trinajstić information content (AvgIpc) is 2.91. The van der Waals surface area contributed by atoms with E-state index >= 15 is 0 Å². The van der Waals surface area contributed by atoms with Crippen LogP contribution in [0.2, 0.25) is 0 Å². The summed E-state index contributed by atoms with van der Waals surface area (Å²) in [7, 11) is -3.63. The van der Waals surface area contributed by atoms with Crippen LogP contribution < -0.4 is 34.9 Å². The summed E-state index contributed by atoms with van der Waals surface area (Å²) in [6.45, 7) is -0.422. The van der Waals surface area contributed by atoms with E-state index in [0.717, 1.165) is 0 Å². The predicted octanol–water partition coefficient (Wildman–Crippen LogP) is -4.58. The van der Waals surface area contributed by atoms with E-state index in [0.29, 0.717) is 0 Å². The van der Waals surface area contributed by atoms with Gasteiger partial charge in [-0.1, -0.05) is 5.16 Å². The number of rotatable bonds is 5. The van der Waals surface area contributed by atoms with Gasteiger partial charge in [-0.15, -0.1) is 0 Å². The second-order valence-corrected chi connectivity index (χ2v) is 5.25. The van der Waals surface area contributed by atoms with Gasteiger partial charge in [0.25, 0.3) is 11.8 Å². The normalized spacial score (nSPS) is 18.3. The number of hydrogen-bond donors (Lipinski definition) is 1. The first-order valence-electron chi connectivity index (χ1n) is 5.58. The summed E-state index contributed by atoms with van der Waals surface area (Å²) in [5, 5.41) is 5.71. The Bertz CT molecular complexity index is 685. The Balaban J connectivity index is 0.00000242. The van der Waals surface area contributed by atoms with Crippen molar-refractivity contribution in [1.82, 2.24) is 9.62 Å². The number of nitrogens with zero attached hydrogens (tertiary/aromatic N) is 2. The molecule has 1 fully saturated rings. The van der Waals surface area contributed by atoms with Crippen LogP contribution in [0.5, 0.6) is 0 Å². The number of β-lactam (4-membered cyclic amide) rings is 1. The minimum atomic E-state index is -4.85. The van der Waals surface area contributed by atoms with E-state index in [1.165, 1.54) is 25.5 Å². The number of hydrogen-bond acceptors (Lipinski definition) is 8. The van der Waals surface area contributed by atoms with Crippen LogP contribution in [0.3, 0.4) is 0 Å². The smallest absolute Gasteiger partial charge is 0.731 e. The molecule has 12 heteroatoms. The van der Waals surface area contributed by atoms with E-state index in [1.807, 2.05) is 0 Å². The fourth-order valence-electron chi connectivity index (χ4n) is 1.63. The van der Waals surface area contributed by atoms with Crippen molar-refractivity contribution < 1.29 is 61.4 Å². The van der Waals surface area contributed by atoms with Crippen LogP contribution in [0.25, 0.3) is 0 Å². The third-order valence-electron chi connectivity index (χ3n) is 2.62. The molecule has 1 unspecified atom stereocenters. The summed E-state index contributed by atoms with van der Waals surface area (Å²) in [5.74, 6) is -1.70. The van der Waals surface area contributed by atoms with E-state index in [2.05, 4.69) is 15.3 Å². The maximum atomic E-state index is 12.0. The van der Waals surface area contributed by atoms with Crippen molar-refractivity contribution >= 4 is 27.8 Å². The Morgan fingerprint density at radius 3 is 2.73 bits per heavy atom. The van der Waals surface area contributed by atoms with Crippen molar-refractivity contribution in [2.24, 2.45) is 5.16 Å². The van der Waals surface area contributed by atoms with Crippen LogP contribution in [0.15, 0.2) is 28.0 Å². The molecule has 0 bridgehead atoms. The second-order valence-electron chi connectivity index (χ2n) is 3.95. The molecule has 2 heterocycles. The molecule has 2 amide bonds. The summed E-state index contributed by atoms with van der Waals surface area (Å²) in [5.41, 5.74) is -0.223. The monoisotopic (exact) mass is 339 g/mol. The Morgan fingerprint density at radius 2 is 2.27 bits per heavy atom. The first kappa shape index (κ1) is 18.6. The van der Waals surface area contributed by atoms with Gasteiger partial charge in [-0.3, -0.25) is 9.59 Å². The molecule has 0 spiro atoms. The molecule has 0 radical (unpaired) electrons. The molecule has 1 aromatic rings. The third kappa shape index (κ3) is 3.87. The molecule has 114 valence electrons. The fourth-order valence-corrected chi connectivity index (χ4v) is 2.31. The zero-order valence-corrected chi connectivity index (χ0v) is 14.5. The molecule has 1 saturated heterocycles. The summed E-state index contributed by atoms with van der Waals surface area (Å²) < 4.78 is 37.1. The minimum Gasteiger partial charge on any atom is -0.731 e. The van der Waals surface area contributed by atoms with Gasteiger partial charge >= 0.3 is 29.6 Å². The maximum Gasteiger partial charge on any atom is 1.00 e. The Kier molecular flexibility index (Phi) is 6.14. The quantitative estimate of drug-likeness (QED) is 0.187. The van der Waals surface area contributed by atoms with Gasteiger partial charge in [0.05, 0.1) is 12.8 Å². The second kappa shape index (κ2) is 7.24.